The minimum absolute atomic E-state index is 0.194. The van der Waals surface area contributed by atoms with Crippen molar-refractivity contribution < 1.29 is 9.90 Å². The molecule has 1 N–H and O–H groups in total. The van der Waals surface area contributed by atoms with E-state index in [0.717, 1.165) is 13.0 Å². The van der Waals surface area contributed by atoms with Crippen LogP contribution in [0.4, 0.5) is 5.69 Å². The molecule has 0 saturated heterocycles. The summed E-state index contributed by atoms with van der Waals surface area (Å²) < 4.78 is 0. The first-order valence-corrected chi connectivity index (χ1v) is 7.09. The van der Waals surface area contributed by atoms with Gasteiger partial charge >= 0.3 is 5.97 Å². The van der Waals surface area contributed by atoms with E-state index >= 15 is 0 Å². The van der Waals surface area contributed by atoms with Crippen LogP contribution >= 0.6 is 0 Å². The van der Waals surface area contributed by atoms with E-state index in [1.54, 1.807) is 0 Å². The van der Waals surface area contributed by atoms with Gasteiger partial charge in [0.15, 0.2) is 0 Å². The average Bonchev–Trinajstić information content (AvgIpc) is 2.37. The zero-order valence-electron chi connectivity index (χ0n) is 12.3. The van der Waals surface area contributed by atoms with Gasteiger partial charge in [0.2, 0.25) is 0 Å². The molecule has 0 spiro atoms. The molecule has 1 aromatic carbocycles. The summed E-state index contributed by atoms with van der Waals surface area (Å²) in [4.78, 5) is 13.0. The number of nitrogens with zero attached hydrogens (tertiary/aromatic N) is 1. The van der Waals surface area contributed by atoms with Gasteiger partial charge in [-0.05, 0) is 37.5 Å². The molecule has 19 heavy (non-hydrogen) atoms. The second kappa shape index (κ2) is 7.82. The molecule has 0 fully saturated rings. The fourth-order valence-electron chi connectivity index (χ4n) is 2.21. The van der Waals surface area contributed by atoms with E-state index in [0.29, 0.717) is 6.54 Å². The molecular formula is C16H25NO2. The molecule has 0 aliphatic rings. The number of anilines is 1. The third-order valence-electron chi connectivity index (χ3n) is 3.54. The van der Waals surface area contributed by atoms with Gasteiger partial charge in [-0.15, -0.1) is 0 Å². The maximum atomic E-state index is 10.8. The largest absolute Gasteiger partial charge is 0.481 e. The van der Waals surface area contributed by atoms with Crippen LogP contribution in [-0.4, -0.2) is 24.2 Å². The van der Waals surface area contributed by atoms with Gasteiger partial charge in [-0.1, -0.05) is 31.9 Å². The van der Waals surface area contributed by atoms with Crippen molar-refractivity contribution in [3.63, 3.8) is 0 Å². The van der Waals surface area contributed by atoms with Crippen LogP contribution in [0.15, 0.2) is 18.2 Å². The van der Waals surface area contributed by atoms with E-state index in [1.807, 2.05) is 6.07 Å². The average molecular weight is 263 g/mol. The van der Waals surface area contributed by atoms with Crippen molar-refractivity contribution in [3.05, 3.63) is 29.3 Å². The Labute approximate surface area is 116 Å². The highest BCUT2D eigenvalue weighted by molar-refractivity contribution is 5.68. The summed E-state index contributed by atoms with van der Waals surface area (Å²) in [5, 5.41) is 8.88. The number of hydrogen-bond acceptors (Lipinski definition) is 2. The number of carbonyl (C=O) groups is 1. The highest BCUT2D eigenvalue weighted by Gasteiger charge is 2.11. The number of hydrogen-bond donors (Lipinski definition) is 1. The molecule has 0 aromatic heterocycles. The van der Waals surface area contributed by atoms with Crippen molar-refractivity contribution in [2.45, 2.75) is 46.5 Å². The van der Waals surface area contributed by atoms with Crippen LogP contribution in [-0.2, 0) is 4.79 Å². The van der Waals surface area contributed by atoms with Crippen molar-refractivity contribution in [2.75, 3.05) is 18.0 Å². The monoisotopic (exact) mass is 263 g/mol. The van der Waals surface area contributed by atoms with Crippen molar-refractivity contribution in [1.82, 2.24) is 0 Å². The quantitative estimate of drug-likeness (QED) is 0.726. The van der Waals surface area contributed by atoms with Crippen LogP contribution in [0.25, 0.3) is 0 Å². The van der Waals surface area contributed by atoms with Gasteiger partial charge in [0.25, 0.3) is 0 Å². The molecule has 0 atom stereocenters. The fourth-order valence-corrected chi connectivity index (χ4v) is 2.21. The third-order valence-corrected chi connectivity index (χ3v) is 3.54. The molecule has 3 heteroatoms. The molecule has 0 bridgehead atoms. The molecule has 0 aliphatic heterocycles. The molecule has 106 valence electrons. The first-order valence-electron chi connectivity index (χ1n) is 7.09. The first kappa shape index (κ1) is 15.5. The normalized spacial score (nSPS) is 10.5. The Morgan fingerprint density at radius 2 is 1.95 bits per heavy atom. The van der Waals surface area contributed by atoms with Crippen molar-refractivity contribution in [2.24, 2.45) is 0 Å². The summed E-state index contributed by atoms with van der Waals surface area (Å²) in [7, 11) is 0. The smallest absolute Gasteiger partial charge is 0.305 e. The zero-order chi connectivity index (χ0) is 14.3. The summed E-state index contributed by atoms with van der Waals surface area (Å²) in [6, 6.07) is 6.24. The molecule has 1 rings (SSSR count). The van der Waals surface area contributed by atoms with E-state index in [-0.39, 0.29) is 6.42 Å². The van der Waals surface area contributed by atoms with Gasteiger partial charge in [0, 0.05) is 18.8 Å². The number of unbranched alkanes of at least 4 members (excludes halogenated alkanes) is 2. The van der Waals surface area contributed by atoms with Gasteiger partial charge in [-0.25, -0.2) is 0 Å². The minimum atomic E-state index is -0.731. The Kier molecular flexibility index (Phi) is 6.40. The molecule has 0 radical (unpaired) electrons. The predicted molar refractivity (Wildman–Crippen MR) is 79.9 cm³/mol. The summed E-state index contributed by atoms with van der Waals surface area (Å²) in [5.74, 6) is -0.731. The van der Waals surface area contributed by atoms with Crippen molar-refractivity contribution >= 4 is 11.7 Å². The Morgan fingerprint density at radius 3 is 2.58 bits per heavy atom. The predicted octanol–water partition coefficient (Wildman–Crippen LogP) is 3.77. The number of rotatable bonds is 8. The number of carboxylic acids is 1. The summed E-state index contributed by atoms with van der Waals surface area (Å²) >= 11 is 0. The van der Waals surface area contributed by atoms with Crippen molar-refractivity contribution in [1.29, 1.82) is 0 Å². The summed E-state index contributed by atoms with van der Waals surface area (Å²) in [6.07, 6.45) is 3.68. The summed E-state index contributed by atoms with van der Waals surface area (Å²) in [6.45, 7) is 7.91. The minimum Gasteiger partial charge on any atom is -0.481 e. The van der Waals surface area contributed by atoms with Crippen LogP contribution in [0.2, 0.25) is 0 Å². The van der Waals surface area contributed by atoms with Gasteiger partial charge < -0.3 is 10.0 Å². The maximum absolute atomic E-state index is 10.8. The third kappa shape index (κ3) is 4.93. The molecule has 0 unspecified atom stereocenters. The fraction of sp³-hybridized carbons (Fsp3) is 0.562. The van der Waals surface area contributed by atoms with Crippen molar-refractivity contribution in [3.8, 4) is 0 Å². The number of aliphatic carboxylic acids is 1. The van der Waals surface area contributed by atoms with Gasteiger partial charge in [-0.2, -0.15) is 0 Å². The van der Waals surface area contributed by atoms with Crippen LogP contribution in [0.5, 0.6) is 0 Å². The van der Waals surface area contributed by atoms with Crippen LogP contribution in [0.3, 0.4) is 0 Å². The molecule has 1 aromatic rings. The number of carboxylic acid groups (broad SMARTS) is 1. The molecule has 0 saturated carbocycles. The lowest BCUT2D eigenvalue weighted by atomic mass is 10.1. The Balaban J connectivity index is 2.81. The van der Waals surface area contributed by atoms with Gasteiger partial charge in [0.1, 0.15) is 0 Å². The second-order valence-electron chi connectivity index (χ2n) is 5.06. The molecule has 0 aliphatic carbocycles. The van der Waals surface area contributed by atoms with E-state index in [1.165, 1.54) is 29.7 Å². The number of aryl methyl sites for hydroxylation is 1. The molecule has 3 nitrogen and oxygen atoms in total. The molecule has 0 amide bonds. The van der Waals surface area contributed by atoms with E-state index in [4.69, 9.17) is 5.11 Å². The highest BCUT2D eigenvalue weighted by Crippen LogP contribution is 2.23. The van der Waals surface area contributed by atoms with E-state index in [9.17, 15) is 4.79 Å². The topological polar surface area (TPSA) is 40.5 Å². The second-order valence-corrected chi connectivity index (χ2v) is 5.06. The Bertz CT molecular complexity index is 415. The van der Waals surface area contributed by atoms with Crippen LogP contribution in [0, 0.1) is 13.8 Å². The van der Waals surface area contributed by atoms with E-state index < -0.39 is 5.97 Å². The first-order chi connectivity index (χ1) is 9.06. The zero-order valence-corrected chi connectivity index (χ0v) is 12.3. The lowest BCUT2D eigenvalue weighted by molar-refractivity contribution is -0.136. The number of benzene rings is 1. The summed E-state index contributed by atoms with van der Waals surface area (Å²) in [5.41, 5.74) is 3.69. The lowest BCUT2D eigenvalue weighted by Gasteiger charge is -2.26. The molecule has 0 heterocycles. The maximum Gasteiger partial charge on any atom is 0.305 e. The lowest BCUT2D eigenvalue weighted by Crippen LogP contribution is -2.28. The van der Waals surface area contributed by atoms with Gasteiger partial charge in [-0.3, -0.25) is 4.79 Å². The van der Waals surface area contributed by atoms with E-state index in [2.05, 4.69) is 37.8 Å². The van der Waals surface area contributed by atoms with Crippen LogP contribution < -0.4 is 4.90 Å². The molecular weight excluding hydrogens is 238 g/mol. The highest BCUT2D eigenvalue weighted by atomic mass is 16.4. The SMILES string of the molecule is CCCCCN(CCC(=O)O)c1cccc(C)c1C. The standard InChI is InChI=1S/C16H25NO2/c1-4-5-6-11-17(12-10-16(18)19)15-9-7-8-13(2)14(15)3/h7-9H,4-6,10-12H2,1-3H3,(H,18,19). The van der Waals surface area contributed by atoms with Gasteiger partial charge in [0.05, 0.1) is 6.42 Å². The Hall–Kier alpha value is -1.51. The Morgan fingerprint density at radius 1 is 1.21 bits per heavy atom. The van der Waals surface area contributed by atoms with Crippen LogP contribution in [0.1, 0.15) is 43.7 Å².